The molecule has 1 aliphatic heterocycles. The number of fused-ring (bicyclic) bond motifs is 1. The van der Waals surface area contributed by atoms with E-state index in [9.17, 15) is 0 Å². The Balaban J connectivity index is 1.75. The summed E-state index contributed by atoms with van der Waals surface area (Å²) in [5, 5.41) is 0. The first-order valence-electron chi connectivity index (χ1n) is 9.74. The van der Waals surface area contributed by atoms with Crippen LogP contribution in [0, 0.1) is 13.8 Å². The second-order valence-electron chi connectivity index (χ2n) is 7.63. The fourth-order valence-electron chi connectivity index (χ4n) is 4.40. The Labute approximate surface area is 162 Å². The quantitative estimate of drug-likeness (QED) is 0.643. The lowest BCUT2D eigenvalue weighted by molar-refractivity contribution is 0.220. The second-order valence-corrected chi connectivity index (χ2v) is 7.63. The summed E-state index contributed by atoms with van der Waals surface area (Å²) in [5.74, 6) is 0.918. The lowest BCUT2D eigenvalue weighted by Gasteiger charge is -2.31. The summed E-state index contributed by atoms with van der Waals surface area (Å²) < 4.78 is 7.91. The molecule has 1 aliphatic rings. The van der Waals surface area contributed by atoms with E-state index in [0.29, 0.717) is 0 Å². The van der Waals surface area contributed by atoms with Gasteiger partial charge < -0.3 is 9.30 Å². The summed E-state index contributed by atoms with van der Waals surface area (Å²) in [6, 6.07) is 20.1. The molecule has 0 radical (unpaired) electrons. The highest BCUT2D eigenvalue weighted by Crippen LogP contribution is 2.34. The number of rotatable bonds is 4. The number of aryl methyl sites for hydroxylation is 3. The Morgan fingerprint density at radius 1 is 0.963 bits per heavy atom. The minimum Gasteiger partial charge on any atom is -0.497 e. The number of aromatic nitrogens is 1. The van der Waals surface area contributed by atoms with Gasteiger partial charge in [-0.1, -0.05) is 41.5 Å². The highest BCUT2D eigenvalue weighted by Gasteiger charge is 2.27. The molecule has 0 fully saturated rings. The SMILES string of the molecule is COc1cccc([C@@H]2c3cccn3CCCN2Cc2cc(C)cc(C)c2)c1. The van der Waals surface area contributed by atoms with Crippen molar-refractivity contribution in [1.82, 2.24) is 9.47 Å². The van der Waals surface area contributed by atoms with Gasteiger partial charge >= 0.3 is 0 Å². The molecule has 3 aromatic rings. The number of hydrogen-bond acceptors (Lipinski definition) is 2. The van der Waals surface area contributed by atoms with Crippen molar-refractivity contribution in [3.63, 3.8) is 0 Å². The summed E-state index contributed by atoms with van der Waals surface area (Å²) in [6.07, 6.45) is 3.37. The summed E-state index contributed by atoms with van der Waals surface area (Å²) in [6.45, 7) is 7.48. The summed E-state index contributed by atoms with van der Waals surface area (Å²) in [5.41, 5.74) is 6.72. The van der Waals surface area contributed by atoms with Crippen molar-refractivity contribution < 1.29 is 4.74 Å². The Kier molecular flexibility index (Phi) is 5.04. The third kappa shape index (κ3) is 3.79. The van der Waals surface area contributed by atoms with Gasteiger partial charge in [0.25, 0.3) is 0 Å². The standard InChI is InChI=1S/C24H28N2O/c1-18-13-19(2)15-20(14-18)17-26-12-6-11-25-10-5-9-23(25)24(26)21-7-4-8-22(16-21)27-3/h4-5,7-10,13-16,24H,6,11-12,17H2,1-3H3/t24-/m1/s1. The third-order valence-electron chi connectivity index (χ3n) is 5.43. The zero-order valence-electron chi connectivity index (χ0n) is 16.5. The van der Waals surface area contributed by atoms with E-state index in [2.05, 4.69) is 78.0 Å². The van der Waals surface area contributed by atoms with Crippen LogP contribution in [0.5, 0.6) is 5.75 Å². The number of hydrogen-bond donors (Lipinski definition) is 0. The van der Waals surface area contributed by atoms with Crippen LogP contribution in [0.15, 0.2) is 60.8 Å². The molecule has 0 spiro atoms. The Bertz CT molecular complexity index is 907. The van der Waals surface area contributed by atoms with Crippen LogP contribution in [0.2, 0.25) is 0 Å². The molecule has 3 heteroatoms. The van der Waals surface area contributed by atoms with E-state index in [4.69, 9.17) is 4.74 Å². The first kappa shape index (κ1) is 17.9. The van der Waals surface area contributed by atoms with Crippen LogP contribution in [0.1, 0.15) is 40.4 Å². The predicted molar refractivity (Wildman–Crippen MR) is 110 cm³/mol. The van der Waals surface area contributed by atoms with Crippen LogP contribution in [-0.2, 0) is 13.1 Å². The minimum absolute atomic E-state index is 0.235. The van der Waals surface area contributed by atoms with E-state index in [1.165, 1.54) is 27.9 Å². The molecule has 3 nitrogen and oxygen atoms in total. The molecule has 1 atom stereocenters. The van der Waals surface area contributed by atoms with Crippen molar-refractivity contribution in [2.45, 2.75) is 39.4 Å². The maximum atomic E-state index is 5.51. The predicted octanol–water partition coefficient (Wildman–Crippen LogP) is 5.11. The Morgan fingerprint density at radius 3 is 2.56 bits per heavy atom. The third-order valence-corrected chi connectivity index (χ3v) is 5.43. The molecule has 2 aromatic carbocycles. The molecular formula is C24H28N2O. The number of ether oxygens (including phenoxy) is 1. The Hall–Kier alpha value is -2.52. The van der Waals surface area contributed by atoms with Gasteiger partial charge in [-0.15, -0.1) is 0 Å². The largest absolute Gasteiger partial charge is 0.497 e. The van der Waals surface area contributed by atoms with Crippen molar-refractivity contribution in [1.29, 1.82) is 0 Å². The normalized spacial score (nSPS) is 17.4. The van der Waals surface area contributed by atoms with Gasteiger partial charge in [0.05, 0.1) is 13.2 Å². The number of nitrogens with zero attached hydrogens (tertiary/aromatic N) is 2. The van der Waals surface area contributed by atoms with Gasteiger partial charge in [0.15, 0.2) is 0 Å². The van der Waals surface area contributed by atoms with Gasteiger partial charge in [0, 0.05) is 31.5 Å². The maximum absolute atomic E-state index is 5.51. The summed E-state index contributed by atoms with van der Waals surface area (Å²) >= 11 is 0. The molecule has 140 valence electrons. The fourth-order valence-corrected chi connectivity index (χ4v) is 4.40. The smallest absolute Gasteiger partial charge is 0.119 e. The van der Waals surface area contributed by atoms with Crippen molar-refractivity contribution in [2.75, 3.05) is 13.7 Å². The molecule has 0 N–H and O–H groups in total. The van der Waals surface area contributed by atoms with E-state index in [1.807, 2.05) is 6.07 Å². The van der Waals surface area contributed by atoms with E-state index >= 15 is 0 Å². The molecule has 0 unspecified atom stereocenters. The monoisotopic (exact) mass is 360 g/mol. The molecule has 0 amide bonds. The van der Waals surface area contributed by atoms with Crippen molar-refractivity contribution in [3.8, 4) is 5.75 Å². The van der Waals surface area contributed by atoms with Crippen molar-refractivity contribution in [3.05, 3.63) is 88.7 Å². The molecule has 0 saturated heterocycles. The molecule has 2 heterocycles. The molecule has 1 aromatic heterocycles. The zero-order valence-corrected chi connectivity index (χ0v) is 16.5. The van der Waals surface area contributed by atoms with Gasteiger partial charge in [0.2, 0.25) is 0 Å². The summed E-state index contributed by atoms with van der Waals surface area (Å²) in [7, 11) is 1.74. The van der Waals surface area contributed by atoms with E-state index in [-0.39, 0.29) is 6.04 Å². The average molecular weight is 361 g/mol. The van der Waals surface area contributed by atoms with E-state index in [1.54, 1.807) is 7.11 Å². The number of benzene rings is 2. The van der Waals surface area contributed by atoms with Gasteiger partial charge in [-0.3, -0.25) is 4.90 Å². The first-order chi connectivity index (χ1) is 13.1. The average Bonchev–Trinajstić information content (AvgIpc) is 3.02. The summed E-state index contributed by atoms with van der Waals surface area (Å²) in [4.78, 5) is 2.61. The fraction of sp³-hybridized carbons (Fsp3) is 0.333. The molecule has 0 saturated carbocycles. The van der Waals surface area contributed by atoms with Crippen molar-refractivity contribution in [2.24, 2.45) is 0 Å². The lowest BCUT2D eigenvalue weighted by Crippen LogP contribution is -2.29. The van der Waals surface area contributed by atoms with Crippen LogP contribution in [-0.4, -0.2) is 23.1 Å². The molecule has 0 aliphatic carbocycles. The first-order valence-corrected chi connectivity index (χ1v) is 9.74. The second kappa shape index (κ2) is 7.61. The van der Waals surface area contributed by atoms with E-state index in [0.717, 1.165) is 31.8 Å². The van der Waals surface area contributed by atoms with Gasteiger partial charge in [-0.05, 0) is 55.7 Å². The van der Waals surface area contributed by atoms with Crippen LogP contribution < -0.4 is 4.74 Å². The van der Waals surface area contributed by atoms with Crippen LogP contribution in [0.3, 0.4) is 0 Å². The van der Waals surface area contributed by atoms with E-state index < -0.39 is 0 Å². The maximum Gasteiger partial charge on any atom is 0.119 e. The topological polar surface area (TPSA) is 17.4 Å². The number of methoxy groups -OCH3 is 1. The molecule has 0 bridgehead atoms. The molecule has 27 heavy (non-hydrogen) atoms. The van der Waals surface area contributed by atoms with Crippen LogP contribution >= 0.6 is 0 Å². The molecular weight excluding hydrogens is 332 g/mol. The van der Waals surface area contributed by atoms with Crippen LogP contribution in [0.25, 0.3) is 0 Å². The van der Waals surface area contributed by atoms with Crippen molar-refractivity contribution >= 4 is 0 Å². The van der Waals surface area contributed by atoms with Gasteiger partial charge in [0.1, 0.15) is 5.75 Å². The highest BCUT2D eigenvalue weighted by atomic mass is 16.5. The van der Waals surface area contributed by atoms with Gasteiger partial charge in [-0.25, -0.2) is 0 Å². The Morgan fingerprint density at radius 2 is 1.78 bits per heavy atom. The minimum atomic E-state index is 0.235. The van der Waals surface area contributed by atoms with Gasteiger partial charge in [-0.2, -0.15) is 0 Å². The zero-order chi connectivity index (χ0) is 18.8. The van der Waals surface area contributed by atoms with Crippen LogP contribution in [0.4, 0.5) is 0 Å². The highest BCUT2D eigenvalue weighted by molar-refractivity contribution is 5.36. The lowest BCUT2D eigenvalue weighted by atomic mass is 10.00. The molecule has 4 rings (SSSR count).